The summed E-state index contributed by atoms with van der Waals surface area (Å²) in [5.74, 6) is 1.04. The number of aromatic nitrogens is 1. The monoisotopic (exact) mass is 575 g/mol. The summed E-state index contributed by atoms with van der Waals surface area (Å²) in [6, 6.07) is 28.8. The van der Waals surface area contributed by atoms with E-state index in [1.54, 1.807) is 6.07 Å². The molecule has 6 rings (SSSR count). The fraction of sp³-hybridized carbons (Fsp3) is 0.235. The Labute approximate surface area is 250 Å². The fourth-order valence-electron chi connectivity index (χ4n) is 5.61. The smallest absolute Gasteiger partial charge is 0.250 e. The van der Waals surface area contributed by atoms with E-state index in [4.69, 9.17) is 15.5 Å². The van der Waals surface area contributed by atoms with E-state index in [9.17, 15) is 14.4 Å². The molecular weight excluding hydrogens is 542 g/mol. The predicted octanol–water partition coefficient (Wildman–Crippen LogP) is 4.48. The van der Waals surface area contributed by atoms with E-state index in [0.717, 1.165) is 55.4 Å². The van der Waals surface area contributed by atoms with Gasteiger partial charge in [0.25, 0.3) is 5.91 Å². The SMILES string of the molecule is NC(=O)c1ccc(N2CCN(Cc3ccc(C4CCC(=O)NC4=O)cc3)CC2)nc1-c1ccc(Oc2ccccc2)cc1. The van der Waals surface area contributed by atoms with E-state index in [0.29, 0.717) is 29.8 Å². The van der Waals surface area contributed by atoms with Crippen LogP contribution in [0, 0.1) is 0 Å². The maximum Gasteiger partial charge on any atom is 0.250 e. The number of primary amides is 1. The number of carbonyl (C=O) groups is 3. The van der Waals surface area contributed by atoms with Crippen LogP contribution in [0.5, 0.6) is 11.5 Å². The normalized spacial score (nSPS) is 17.4. The molecule has 4 aromatic rings. The van der Waals surface area contributed by atoms with Crippen LogP contribution >= 0.6 is 0 Å². The Hall–Kier alpha value is -5.02. The number of carbonyl (C=O) groups excluding carboxylic acids is 3. The molecule has 0 radical (unpaired) electrons. The number of imide groups is 1. The first kappa shape index (κ1) is 28.1. The zero-order valence-corrected chi connectivity index (χ0v) is 23.7. The number of rotatable bonds is 8. The van der Waals surface area contributed by atoms with Crippen LogP contribution in [0.2, 0.25) is 0 Å². The third-order valence-corrected chi connectivity index (χ3v) is 7.98. The van der Waals surface area contributed by atoms with Gasteiger partial charge < -0.3 is 15.4 Å². The molecule has 3 amide bonds. The van der Waals surface area contributed by atoms with Crippen molar-refractivity contribution in [2.45, 2.75) is 25.3 Å². The highest BCUT2D eigenvalue weighted by Crippen LogP contribution is 2.29. The summed E-state index contributed by atoms with van der Waals surface area (Å²) in [5.41, 5.74) is 9.54. The Morgan fingerprint density at radius 3 is 2.23 bits per heavy atom. The summed E-state index contributed by atoms with van der Waals surface area (Å²) in [5, 5.41) is 2.43. The molecule has 0 spiro atoms. The van der Waals surface area contributed by atoms with Gasteiger partial charge in [0.1, 0.15) is 17.3 Å². The molecule has 2 fully saturated rings. The highest BCUT2D eigenvalue weighted by Gasteiger charge is 2.28. The van der Waals surface area contributed by atoms with Crippen LogP contribution in [0.15, 0.2) is 91.0 Å². The number of amides is 3. The van der Waals surface area contributed by atoms with E-state index in [2.05, 4.69) is 27.2 Å². The van der Waals surface area contributed by atoms with Crippen molar-refractivity contribution < 1.29 is 19.1 Å². The second kappa shape index (κ2) is 12.5. The number of anilines is 1. The molecule has 9 heteroatoms. The van der Waals surface area contributed by atoms with Crippen molar-refractivity contribution in [1.82, 2.24) is 15.2 Å². The van der Waals surface area contributed by atoms with E-state index in [1.807, 2.05) is 72.8 Å². The molecule has 3 N–H and O–H groups in total. The van der Waals surface area contributed by atoms with Crippen molar-refractivity contribution in [1.29, 1.82) is 0 Å². The van der Waals surface area contributed by atoms with E-state index < -0.39 is 5.91 Å². The van der Waals surface area contributed by atoms with Crippen LogP contribution in [-0.2, 0) is 16.1 Å². The molecule has 2 saturated heterocycles. The third-order valence-electron chi connectivity index (χ3n) is 7.98. The fourth-order valence-corrected chi connectivity index (χ4v) is 5.61. The topological polar surface area (TPSA) is 118 Å². The van der Waals surface area contributed by atoms with Gasteiger partial charge in [0, 0.05) is 44.7 Å². The predicted molar refractivity (Wildman–Crippen MR) is 164 cm³/mol. The number of nitrogens with one attached hydrogen (secondary N) is 1. The van der Waals surface area contributed by atoms with Gasteiger partial charge in [-0.05, 0) is 66.1 Å². The van der Waals surface area contributed by atoms with Gasteiger partial charge in [0.05, 0.1) is 17.2 Å². The summed E-state index contributed by atoms with van der Waals surface area (Å²) in [6.07, 6.45) is 0.927. The van der Waals surface area contributed by atoms with Crippen LogP contribution in [-0.4, -0.2) is 53.8 Å². The minimum absolute atomic E-state index is 0.199. The summed E-state index contributed by atoms with van der Waals surface area (Å²) < 4.78 is 5.91. The third kappa shape index (κ3) is 6.57. The van der Waals surface area contributed by atoms with Crippen molar-refractivity contribution >= 4 is 23.5 Å². The van der Waals surface area contributed by atoms with Crippen LogP contribution in [0.3, 0.4) is 0 Å². The average Bonchev–Trinajstić information content (AvgIpc) is 3.03. The standard InChI is InChI=1S/C34H33N5O4/c35-33(41)29-14-16-30(36-32(29)25-10-12-27(13-11-25)43-26-4-2-1-3-5-26)39-20-18-38(19-21-39)22-23-6-8-24(9-7-23)28-15-17-31(40)37-34(28)42/h1-14,16,28H,15,17-22H2,(H2,35,41)(H,37,40,42). The van der Waals surface area contributed by atoms with Crippen LogP contribution in [0.25, 0.3) is 11.3 Å². The zero-order valence-electron chi connectivity index (χ0n) is 23.7. The Morgan fingerprint density at radius 1 is 0.860 bits per heavy atom. The van der Waals surface area contributed by atoms with Gasteiger partial charge in [-0.2, -0.15) is 0 Å². The molecule has 0 bridgehead atoms. The molecule has 3 heterocycles. The molecule has 1 aromatic heterocycles. The molecule has 1 unspecified atom stereocenters. The number of ether oxygens (including phenoxy) is 1. The summed E-state index contributed by atoms with van der Waals surface area (Å²) in [4.78, 5) is 45.4. The number of nitrogens with zero attached hydrogens (tertiary/aromatic N) is 3. The Morgan fingerprint density at radius 2 is 1.56 bits per heavy atom. The van der Waals surface area contributed by atoms with E-state index >= 15 is 0 Å². The maximum absolute atomic E-state index is 12.3. The van der Waals surface area contributed by atoms with Crippen molar-refractivity contribution in [2.24, 2.45) is 5.73 Å². The first-order valence-corrected chi connectivity index (χ1v) is 14.5. The lowest BCUT2D eigenvalue weighted by Crippen LogP contribution is -2.46. The first-order chi connectivity index (χ1) is 20.9. The van der Waals surface area contributed by atoms with E-state index in [-0.39, 0.29) is 17.7 Å². The van der Waals surface area contributed by atoms with Crippen LogP contribution in [0.4, 0.5) is 5.82 Å². The molecule has 9 nitrogen and oxygen atoms in total. The molecule has 0 saturated carbocycles. The highest BCUT2D eigenvalue weighted by molar-refractivity contribution is 6.01. The highest BCUT2D eigenvalue weighted by atomic mass is 16.5. The molecule has 3 aromatic carbocycles. The summed E-state index contributed by atoms with van der Waals surface area (Å²) in [6.45, 7) is 4.10. The number of nitrogens with two attached hydrogens (primary N) is 1. The second-order valence-corrected chi connectivity index (χ2v) is 10.9. The van der Waals surface area contributed by atoms with Crippen molar-refractivity contribution in [3.63, 3.8) is 0 Å². The Balaban J connectivity index is 1.09. The maximum atomic E-state index is 12.3. The first-order valence-electron chi connectivity index (χ1n) is 14.5. The lowest BCUT2D eigenvalue weighted by atomic mass is 9.90. The van der Waals surface area contributed by atoms with Crippen molar-refractivity contribution in [2.75, 3.05) is 31.1 Å². The van der Waals surface area contributed by atoms with Crippen LogP contribution < -0.4 is 20.7 Å². The summed E-state index contributed by atoms with van der Waals surface area (Å²) in [7, 11) is 0. The lowest BCUT2D eigenvalue weighted by Gasteiger charge is -2.35. The molecule has 2 aliphatic rings. The molecule has 2 aliphatic heterocycles. The Bertz CT molecular complexity index is 1620. The summed E-state index contributed by atoms with van der Waals surface area (Å²) >= 11 is 0. The van der Waals surface area contributed by atoms with Gasteiger partial charge in [0.15, 0.2) is 0 Å². The lowest BCUT2D eigenvalue weighted by molar-refractivity contribution is -0.134. The number of piperazine rings is 1. The minimum Gasteiger partial charge on any atom is -0.457 e. The largest absolute Gasteiger partial charge is 0.457 e. The second-order valence-electron chi connectivity index (χ2n) is 10.9. The quantitative estimate of drug-likeness (QED) is 0.298. The number of pyridine rings is 1. The number of para-hydroxylation sites is 1. The Kier molecular flexibility index (Phi) is 8.15. The van der Waals surface area contributed by atoms with E-state index in [1.165, 1.54) is 5.56 Å². The van der Waals surface area contributed by atoms with Crippen molar-refractivity contribution in [3.8, 4) is 22.8 Å². The van der Waals surface area contributed by atoms with Gasteiger partial charge >= 0.3 is 0 Å². The molecule has 1 atom stereocenters. The van der Waals surface area contributed by atoms with Crippen molar-refractivity contribution in [3.05, 3.63) is 108 Å². The number of hydrogen-bond acceptors (Lipinski definition) is 7. The van der Waals surface area contributed by atoms with Gasteiger partial charge in [-0.3, -0.25) is 24.6 Å². The molecular formula is C34H33N5O4. The number of hydrogen-bond donors (Lipinski definition) is 2. The number of piperidine rings is 1. The van der Waals surface area contributed by atoms with Gasteiger partial charge in [-0.25, -0.2) is 4.98 Å². The zero-order chi connectivity index (χ0) is 29.8. The molecule has 0 aliphatic carbocycles. The minimum atomic E-state index is -0.521. The van der Waals surface area contributed by atoms with Gasteiger partial charge in [-0.1, -0.05) is 42.5 Å². The van der Waals surface area contributed by atoms with Gasteiger partial charge in [-0.15, -0.1) is 0 Å². The van der Waals surface area contributed by atoms with Crippen LogP contribution in [0.1, 0.15) is 40.2 Å². The molecule has 43 heavy (non-hydrogen) atoms. The molecule has 218 valence electrons. The van der Waals surface area contributed by atoms with Gasteiger partial charge in [0.2, 0.25) is 11.8 Å². The number of benzene rings is 3. The average molecular weight is 576 g/mol.